The molecule has 1 aromatic heterocycles. The molecule has 0 aliphatic heterocycles. The normalized spacial score (nSPS) is 10.2. The topological polar surface area (TPSA) is 85.1 Å². The zero-order valence-corrected chi connectivity index (χ0v) is 10.8. The Morgan fingerprint density at radius 2 is 2.16 bits per heavy atom. The summed E-state index contributed by atoms with van der Waals surface area (Å²) in [6.07, 6.45) is 0. The third kappa shape index (κ3) is 2.76. The molecule has 0 fully saturated rings. The summed E-state index contributed by atoms with van der Waals surface area (Å²) in [5, 5.41) is 4.07. The van der Waals surface area contributed by atoms with E-state index in [1.54, 1.807) is 5.38 Å². The minimum Gasteiger partial charge on any atom is -0.366 e. The molecule has 19 heavy (non-hydrogen) atoms. The third-order valence-corrected chi connectivity index (χ3v) is 3.13. The summed E-state index contributed by atoms with van der Waals surface area (Å²) in [7, 11) is 0. The first-order valence-electron chi connectivity index (χ1n) is 5.28. The van der Waals surface area contributed by atoms with Gasteiger partial charge < -0.3 is 11.1 Å². The van der Waals surface area contributed by atoms with Gasteiger partial charge in [-0.25, -0.2) is 9.37 Å². The Labute approximate surface area is 112 Å². The summed E-state index contributed by atoms with van der Waals surface area (Å²) >= 11 is 1.27. The lowest BCUT2D eigenvalue weighted by Gasteiger charge is -2.09. The average molecular weight is 279 g/mol. The Morgan fingerprint density at radius 1 is 1.42 bits per heavy atom. The fourth-order valence-corrected chi connectivity index (χ4v) is 1.99. The number of amides is 2. The molecular formula is C12H10FN3O2S. The molecule has 0 atom stereocenters. The molecule has 0 saturated heterocycles. The van der Waals surface area contributed by atoms with Gasteiger partial charge in [0.05, 0.1) is 5.51 Å². The minimum absolute atomic E-state index is 0.00308. The molecule has 2 amide bonds. The maximum absolute atomic E-state index is 13.6. The smallest absolute Gasteiger partial charge is 0.275 e. The van der Waals surface area contributed by atoms with Gasteiger partial charge in [0.2, 0.25) is 5.91 Å². The first-order chi connectivity index (χ1) is 8.99. The zero-order valence-electron chi connectivity index (χ0n) is 9.94. The maximum Gasteiger partial charge on any atom is 0.275 e. The van der Waals surface area contributed by atoms with Crippen molar-refractivity contribution in [1.82, 2.24) is 4.98 Å². The highest BCUT2D eigenvalue weighted by molar-refractivity contribution is 7.07. The first kappa shape index (κ1) is 13.2. The molecule has 5 nitrogen and oxygen atoms in total. The number of carbonyl (C=O) groups excluding carboxylic acids is 2. The van der Waals surface area contributed by atoms with Crippen molar-refractivity contribution in [1.29, 1.82) is 0 Å². The van der Waals surface area contributed by atoms with E-state index in [0.29, 0.717) is 0 Å². The van der Waals surface area contributed by atoms with Crippen LogP contribution in [0.2, 0.25) is 0 Å². The first-order valence-corrected chi connectivity index (χ1v) is 6.23. The average Bonchev–Trinajstić information content (AvgIpc) is 2.88. The SMILES string of the molecule is Cc1c(F)cc(C(N)=O)cc1NC(=O)c1cscn1. The second kappa shape index (κ2) is 5.15. The fourth-order valence-electron chi connectivity index (χ4n) is 1.46. The van der Waals surface area contributed by atoms with E-state index in [4.69, 9.17) is 5.73 Å². The van der Waals surface area contributed by atoms with Gasteiger partial charge in [-0.15, -0.1) is 11.3 Å². The van der Waals surface area contributed by atoms with Crippen LogP contribution in [0, 0.1) is 12.7 Å². The standard InChI is InChI=1S/C12H10FN3O2S/c1-6-8(13)2-7(11(14)17)3-9(6)16-12(18)10-4-19-5-15-10/h2-5H,1H3,(H2,14,17)(H,16,18). The molecule has 2 aromatic rings. The Hall–Kier alpha value is -2.28. The number of benzene rings is 1. The molecule has 0 unspecified atom stereocenters. The van der Waals surface area contributed by atoms with Crippen molar-refractivity contribution in [2.24, 2.45) is 5.73 Å². The van der Waals surface area contributed by atoms with E-state index in [1.807, 2.05) is 0 Å². The number of anilines is 1. The molecule has 0 spiro atoms. The van der Waals surface area contributed by atoms with E-state index in [0.717, 1.165) is 6.07 Å². The highest BCUT2D eigenvalue weighted by Crippen LogP contribution is 2.21. The molecule has 0 aliphatic carbocycles. The van der Waals surface area contributed by atoms with Gasteiger partial charge in [0.25, 0.3) is 5.91 Å². The molecular weight excluding hydrogens is 269 g/mol. The number of aromatic nitrogens is 1. The predicted octanol–water partition coefficient (Wildman–Crippen LogP) is 1.94. The molecule has 1 aromatic carbocycles. The van der Waals surface area contributed by atoms with Crippen molar-refractivity contribution in [3.8, 4) is 0 Å². The van der Waals surface area contributed by atoms with Gasteiger partial charge in [0.1, 0.15) is 11.5 Å². The second-order valence-corrected chi connectivity index (χ2v) is 4.54. The van der Waals surface area contributed by atoms with Crippen LogP contribution in [-0.2, 0) is 0 Å². The van der Waals surface area contributed by atoms with Gasteiger partial charge in [0, 0.05) is 22.2 Å². The molecule has 1 heterocycles. The molecule has 7 heteroatoms. The van der Waals surface area contributed by atoms with Gasteiger partial charge in [0.15, 0.2) is 0 Å². The van der Waals surface area contributed by atoms with Crippen molar-refractivity contribution in [2.75, 3.05) is 5.32 Å². The van der Waals surface area contributed by atoms with E-state index >= 15 is 0 Å². The number of carbonyl (C=O) groups is 2. The van der Waals surface area contributed by atoms with Crippen molar-refractivity contribution in [3.63, 3.8) is 0 Å². The summed E-state index contributed by atoms with van der Waals surface area (Å²) in [4.78, 5) is 26.7. The number of nitrogens with two attached hydrogens (primary N) is 1. The fraction of sp³-hybridized carbons (Fsp3) is 0.0833. The molecule has 2 rings (SSSR count). The van der Waals surface area contributed by atoms with Crippen LogP contribution in [0.1, 0.15) is 26.4 Å². The largest absolute Gasteiger partial charge is 0.366 e. The highest BCUT2D eigenvalue weighted by atomic mass is 32.1. The van der Waals surface area contributed by atoms with Crippen LogP contribution in [0.4, 0.5) is 10.1 Å². The number of thiazole rings is 1. The van der Waals surface area contributed by atoms with Crippen LogP contribution in [0.5, 0.6) is 0 Å². The van der Waals surface area contributed by atoms with E-state index in [9.17, 15) is 14.0 Å². The number of hydrogen-bond acceptors (Lipinski definition) is 4. The summed E-state index contributed by atoms with van der Waals surface area (Å²) in [6, 6.07) is 2.38. The van der Waals surface area contributed by atoms with Crippen molar-refractivity contribution in [3.05, 3.63) is 45.7 Å². The molecule has 0 bridgehead atoms. The third-order valence-electron chi connectivity index (χ3n) is 2.54. The van der Waals surface area contributed by atoms with E-state index < -0.39 is 17.6 Å². The van der Waals surface area contributed by atoms with Crippen LogP contribution in [0.15, 0.2) is 23.0 Å². The van der Waals surface area contributed by atoms with Crippen LogP contribution in [0.25, 0.3) is 0 Å². The Morgan fingerprint density at radius 3 is 2.74 bits per heavy atom. The number of hydrogen-bond donors (Lipinski definition) is 2. The minimum atomic E-state index is -0.761. The van der Waals surface area contributed by atoms with Gasteiger partial charge in [-0.3, -0.25) is 9.59 Å². The lowest BCUT2D eigenvalue weighted by molar-refractivity contribution is 0.0995. The zero-order chi connectivity index (χ0) is 14.0. The van der Waals surface area contributed by atoms with Crippen LogP contribution >= 0.6 is 11.3 Å². The van der Waals surface area contributed by atoms with Crippen LogP contribution in [-0.4, -0.2) is 16.8 Å². The van der Waals surface area contributed by atoms with Gasteiger partial charge in [-0.2, -0.15) is 0 Å². The number of primary amides is 1. The molecule has 0 radical (unpaired) electrons. The summed E-state index contributed by atoms with van der Waals surface area (Å²) < 4.78 is 13.6. The summed E-state index contributed by atoms with van der Waals surface area (Å²) in [5.74, 6) is -1.83. The lowest BCUT2D eigenvalue weighted by atomic mass is 10.1. The van der Waals surface area contributed by atoms with Crippen LogP contribution in [0.3, 0.4) is 0 Å². The van der Waals surface area contributed by atoms with E-state index in [2.05, 4.69) is 10.3 Å². The summed E-state index contributed by atoms with van der Waals surface area (Å²) in [6.45, 7) is 1.50. The number of rotatable bonds is 3. The van der Waals surface area contributed by atoms with E-state index in [-0.39, 0.29) is 22.5 Å². The van der Waals surface area contributed by atoms with Gasteiger partial charge in [-0.05, 0) is 19.1 Å². The Balaban J connectivity index is 2.34. The van der Waals surface area contributed by atoms with Crippen molar-refractivity contribution >= 4 is 28.8 Å². The number of halogens is 1. The summed E-state index contributed by atoms with van der Waals surface area (Å²) in [5.41, 5.74) is 7.27. The molecule has 0 aliphatic rings. The number of nitrogens with one attached hydrogen (secondary N) is 1. The Kier molecular flexibility index (Phi) is 3.57. The predicted molar refractivity (Wildman–Crippen MR) is 69.7 cm³/mol. The van der Waals surface area contributed by atoms with E-state index in [1.165, 1.54) is 29.8 Å². The quantitative estimate of drug-likeness (QED) is 0.900. The molecule has 3 N–H and O–H groups in total. The maximum atomic E-state index is 13.6. The number of nitrogens with zero attached hydrogens (tertiary/aromatic N) is 1. The Bertz CT molecular complexity index is 641. The van der Waals surface area contributed by atoms with Crippen molar-refractivity contribution < 1.29 is 14.0 Å². The molecule has 98 valence electrons. The van der Waals surface area contributed by atoms with Gasteiger partial charge >= 0.3 is 0 Å². The van der Waals surface area contributed by atoms with Gasteiger partial charge in [-0.1, -0.05) is 0 Å². The van der Waals surface area contributed by atoms with Crippen LogP contribution < -0.4 is 11.1 Å². The van der Waals surface area contributed by atoms with Crippen molar-refractivity contribution in [2.45, 2.75) is 6.92 Å². The molecule has 0 saturated carbocycles. The second-order valence-electron chi connectivity index (χ2n) is 3.82. The highest BCUT2D eigenvalue weighted by Gasteiger charge is 2.14. The monoisotopic (exact) mass is 279 g/mol. The lowest BCUT2D eigenvalue weighted by Crippen LogP contribution is -2.16.